The molecule has 5 heteroatoms. The second-order valence-corrected chi connectivity index (χ2v) is 5.15. The third-order valence-corrected chi connectivity index (χ3v) is 3.44. The first-order valence-corrected chi connectivity index (χ1v) is 6.88. The molecule has 1 aromatic rings. The lowest BCUT2D eigenvalue weighted by molar-refractivity contribution is -0.145. The van der Waals surface area contributed by atoms with Crippen molar-refractivity contribution >= 4 is 17.6 Å². The lowest BCUT2D eigenvalue weighted by Gasteiger charge is -2.18. The summed E-state index contributed by atoms with van der Waals surface area (Å²) in [5.74, 6) is 0.352. The molecule has 1 fully saturated rings. The van der Waals surface area contributed by atoms with Crippen LogP contribution in [0.1, 0.15) is 31.4 Å². The van der Waals surface area contributed by atoms with Crippen molar-refractivity contribution in [2.45, 2.75) is 25.8 Å². The Hall–Kier alpha value is -1.26. The fourth-order valence-electron chi connectivity index (χ4n) is 1.87. The number of esters is 1. The average Bonchev–Trinajstić information content (AvgIpc) is 3.18. The van der Waals surface area contributed by atoms with Gasteiger partial charge in [-0.2, -0.15) is 0 Å². The molecule has 0 spiro atoms. The zero-order valence-corrected chi connectivity index (χ0v) is 11.6. The van der Waals surface area contributed by atoms with Crippen LogP contribution in [0.15, 0.2) is 18.2 Å². The number of phenols is 1. The van der Waals surface area contributed by atoms with Crippen LogP contribution in [-0.4, -0.2) is 24.2 Å². The Morgan fingerprint density at radius 3 is 2.89 bits per heavy atom. The zero-order valence-electron chi connectivity index (χ0n) is 10.9. The number of halogens is 1. The van der Waals surface area contributed by atoms with Gasteiger partial charge in [0.05, 0.1) is 11.6 Å². The van der Waals surface area contributed by atoms with E-state index >= 15 is 0 Å². The topological polar surface area (TPSA) is 58.6 Å². The minimum absolute atomic E-state index is 0.00946. The average molecular weight is 284 g/mol. The quantitative estimate of drug-likeness (QED) is 0.788. The van der Waals surface area contributed by atoms with E-state index < -0.39 is 6.04 Å². The number of carbonyl (C=O) groups excluding carboxylic acids is 1. The highest BCUT2D eigenvalue weighted by Gasteiger charge is 2.27. The van der Waals surface area contributed by atoms with Crippen LogP contribution in [0.2, 0.25) is 5.02 Å². The van der Waals surface area contributed by atoms with Gasteiger partial charge in [-0.1, -0.05) is 17.7 Å². The van der Waals surface area contributed by atoms with E-state index in [1.807, 2.05) is 0 Å². The minimum atomic E-state index is -0.529. The first-order chi connectivity index (χ1) is 9.11. The van der Waals surface area contributed by atoms with Crippen molar-refractivity contribution < 1.29 is 14.6 Å². The van der Waals surface area contributed by atoms with Crippen molar-refractivity contribution in [1.29, 1.82) is 0 Å². The number of carbonyl (C=O) groups is 1. The predicted octanol–water partition coefficient (Wildman–Crippen LogP) is 2.65. The Balaban J connectivity index is 2.13. The Bertz CT molecular complexity index is 460. The van der Waals surface area contributed by atoms with Gasteiger partial charge in [0, 0.05) is 0 Å². The third-order valence-electron chi connectivity index (χ3n) is 3.13. The van der Waals surface area contributed by atoms with Gasteiger partial charge in [-0.15, -0.1) is 0 Å². The van der Waals surface area contributed by atoms with Gasteiger partial charge >= 0.3 is 5.97 Å². The summed E-state index contributed by atoms with van der Waals surface area (Å²) < 4.78 is 5.07. The standard InChI is InChI=1S/C14H18ClNO3/c1-2-19-14(18)13(16-8-9-3-4-9)10-5-6-12(17)11(15)7-10/h5-7,9,13,16-17H,2-4,8H2,1H3. The normalized spacial score (nSPS) is 16.1. The summed E-state index contributed by atoms with van der Waals surface area (Å²) in [4.78, 5) is 12.0. The van der Waals surface area contributed by atoms with Crippen molar-refractivity contribution in [2.75, 3.05) is 13.2 Å². The highest BCUT2D eigenvalue weighted by Crippen LogP contribution is 2.30. The number of benzene rings is 1. The van der Waals surface area contributed by atoms with Gasteiger partial charge in [-0.3, -0.25) is 0 Å². The third kappa shape index (κ3) is 3.85. The molecule has 104 valence electrons. The monoisotopic (exact) mass is 283 g/mol. The van der Waals surface area contributed by atoms with Crippen molar-refractivity contribution in [3.05, 3.63) is 28.8 Å². The van der Waals surface area contributed by atoms with Crippen LogP contribution in [0, 0.1) is 5.92 Å². The van der Waals surface area contributed by atoms with E-state index in [0.29, 0.717) is 18.1 Å². The summed E-state index contributed by atoms with van der Waals surface area (Å²) in [7, 11) is 0. The zero-order chi connectivity index (χ0) is 13.8. The Labute approximate surface area is 117 Å². The van der Waals surface area contributed by atoms with Crippen molar-refractivity contribution in [2.24, 2.45) is 5.92 Å². The van der Waals surface area contributed by atoms with Crippen molar-refractivity contribution in [3.8, 4) is 5.75 Å². The number of aromatic hydroxyl groups is 1. The maximum absolute atomic E-state index is 12.0. The second-order valence-electron chi connectivity index (χ2n) is 4.75. The smallest absolute Gasteiger partial charge is 0.327 e. The van der Waals surface area contributed by atoms with E-state index in [-0.39, 0.29) is 16.7 Å². The molecule has 0 amide bonds. The molecule has 1 aromatic carbocycles. The SMILES string of the molecule is CCOC(=O)C(NCC1CC1)c1ccc(O)c(Cl)c1. The summed E-state index contributed by atoms with van der Waals surface area (Å²) in [5.41, 5.74) is 0.710. The fraction of sp³-hybridized carbons (Fsp3) is 0.500. The molecule has 0 saturated heterocycles. The molecule has 2 N–H and O–H groups in total. The maximum atomic E-state index is 12.0. The first kappa shape index (κ1) is 14.2. The number of hydrogen-bond donors (Lipinski definition) is 2. The molecule has 1 aliphatic carbocycles. The van der Waals surface area contributed by atoms with E-state index in [2.05, 4.69) is 5.32 Å². The van der Waals surface area contributed by atoms with Crippen LogP contribution in [0.5, 0.6) is 5.75 Å². The van der Waals surface area contributed by atoms with Gasteiger partial charge in [-0.25, -0.2) is 4.79 Å². The number of phenolic OH excluding ortho intramolecular Hbond substituents is 1. The Morgan fingerprint density at radius 2 is 2.32 bits per heavy atom. The summed E-state index contributed by atoms with van der Waals surface area (Å²) in [6.07, 6.45) is 2.41. The molecule has 0 radical (unpaired) electrons. The Kier molecular flexibility index (Phi) is 4.66. The van der Waals surface area contributed by atoms with Crippen LogP contribution in [-0.2, 0) is 9.53 Å². The molecule has 0 heterocycles. The van der Waals surface area contributed by atoms with Crippen LogP contribution in [0.25, 0.3) is 0 Å². The first-order valence-electron chi connectivity index (χ1n) is 6.50. The van der Waals surface area contributed by atoms with E-state index in [0.717, 1.165) is 6.54 Å². The lowest BCUT2D eigenvalue weighted by Crippen LogP contribution is -2.31. The highest BCUT2D eigenvalue weighted by atomic mass is 35.5. The van der Waals surface area contributed by atoms with E-state index in [4.69, 9.17) is 16.3 Å². The van der Waals surface area contributed by atoms with Crippen molar-refractivity contribution in [3.63, 3.8) is 0 Å². The molecule has 19 heavy (non-hydrogen) atoms. The van der Waals surface area contributed by atoms with Gasteiger partial charge in [0.2, 0.25) is 0 Å². The van der Waals surface area contributed by atoms with Crippen LogP contribution in [0.4, 0.5) is 0 Å². The highest BCUT2D eigenvalue weighted by molar-refractivity contribution is 6.32. The van der Waals surface area contributed by atoms with Gasteiger partial charge in [0.25, 0.3) is 0 Å². The molecule has 1 aliphatic rings. The summed E-state index contributed by atoms with van der Waals surface area (Å²) in [6.45, 7) is 2.91. The van der Waals surface area contributed by atoms with E-state index in [1.54, 1.807) is 19.1 Å². The van der Waals surface area contributed by atoms with Gasteiger partial charge in [0.15, 0.2) is 0 Å². The number of nitrogens with one attached hydrogen (secondary N) is 1. The van der Waals surface area contributed by atoms with Gasteiger partial charge < -0.3 is 15.2 Å². The summed E-state index contributed by atoms with van der Waals surface area (Å²) in [5, 5.41) is 12.9. The van der Waals surface area contributed by atoms with Crippen LogP contribution in [0.3, 0.4) is 0 Å². The number of ether oxygens (including phenoxy) is 1. The van der Waals surface area contributed by atoms with Gasteiger partial charge in [0.1, 0.15) is 11.8 Å². The Morgan fingerprint density at radius 1 is 1.58 bits per heavy atom. The summed E-state index contributed by atoms with van der Waals surface area (Å²) in [6, 6.07) is 4.24. The molecule has 0 aliphatic heterocycles. The molecule has 1 atom stereocenters. The summed E-state index contributed by atoms with van der Waals surface area (Å²) >= 11 is 5.88. The predicted molar refractivity (Wildman–Crippen MR) is 73.2 cm³/mol. The largest absolute Gasteiger partial charge is 0.506 e. The fourth-order valence-corrected chi connectivity index (χ4v) is 2.06. The van der Waals surface area contributed by atoms with Crippen LogP contribution >= 0.6 is 11.6 Å². The van der Waals surface area contributed by atoms with E-state index in [1.165, 1.54) is 18.9 Å². The second kappa shape index (κ2) is 6.26. The molecule has 0 aromatic heterocycles. The molecule has 2 rings (SSSR count). The molecule has 1 saturated carbocycles. The molecular weight excluding hydrogens is 266 g/mol. The molecular formula is C14H18ClNO3. The van der Waals surface area contributed by atoms with E-state index in [9.17, 15) is 9.90 Å². The maximum Gasteiger partial charge on any atom is 0.327 e. The van der Waals surface area contributed by atoms with Crippen molar-refractivity contribution in [1.82, 2.24) is 5.32 Å². The molecule has 0 bridgehead atoms. The number of hydrogen-bond acceptors (Lipinski definition) is 4. The molecule has 4 nitrogen and oxygen atoms in total. The van der Waals surface area contributed by atoms with Gasteiger partial charge in [-0.05, 0) is 49.9 Å². The number of rotatable bonds is 6. The minimum Gasteiger partial charge on any atom is -0.506 e. The lowest BCUT2D eigenvalue weighted by atomic mass is 10.1. The van der Waals surface area contributed by atoms with Crippen LogP contribution < -0.4 is 5.32 Å². The molecule has 1 unspecified atom stereocenters.